The normalized spacial score (nSPS) is 15.2. The number of amides is 1. The summed E-state index contributed by atoms with van der Waals surface area (Å²) in [7, 11) is 0. The number of carbonyl (C=O) groups excluding carboxylic acids is 1. The van der Waals surface area contributed by atoms with Crippen molar-refractivity contribution in [2.45, 2.75) is 38.6 Å². The lowest BCUT2D eigenvalue weighted by Crippen LogP contribution is -2.45. The third-order valence-electron chi connectivity index (χ3n) is 3.60. The van der Waals surface area contributed by atoms with E-state index in [4.69, 9.17) is 5.11 Å². The van der Waals surface area contributed by atoms with Crippen molar-refractivity contribution < 1.29 is 9.90 Å². The van der Waals surface area contributed by atoms with Crippen LogP contribution < -0.4 is 0 Å². The highest BCUT2D eigenvalue weighted by atomic mass is 16.3. The van der Waals surface area contributed by atoms with Gasteiger partial charge in [0.1, 0.15) is 0 Å². The van der Waals surface area contributed by atoms with E-state index in [0.717, 1.165) is 24.0 Å². The van der Waals surface area contributed by atoms with Crippen LogP contribution in [0.1, 0.15) is 41.6 Å². The molecular formula is C15H21NO2. The summed E-state index contributed by atoms with van der Waals surface area (Å²) >= 11 is 0. The molecule has 0 saturated heterocycles. The number of carbonyl (C=O) groups is 1. The number of nitrogens with zero attached hydrogens (tertiary/aromatic N) is 1. The van der Waals surface area contributed by atoms with Gasteiger partial charge < -0.3 is 10.0 Å². The molecule has 98 valence electrons. The van der Waals surface area contributed by atoms with Crippen LogP contribution in [0.5, 0.6) is 0 Å². The first-order valence-corrected chi connectivity index (χ1v) is 6.71. The molecule has 0 atom stereocenters. The van der Waals surface area contributed by atoms with Gasteiger partial charge >= 0.3 is 0 Å². The van der Waals surface area contributed by atoms with Gasteiger partial charge in [0.05, 0.1) is 0 Å². The third kappa shape index (κ3) is 2.91. The molecule has 18 heavy (non-hydrogen) atoms. The average molecular weight is 247 g/mol. The van der Waals surface area contributed by atoms with E-state index in [-0.39, 0.29) is 12.5 Å². The quantitative estimate of drug-likeness (QED) is 0.867. The second-order valence-electron chi connectivity index (χ2n) is 5.03. The first-order chi connectivity index (χ1) is 8.72. The van der Waals surface area contributed by atoms with Gasteiger partial charge in [0.25, 0.3) is 5.91 Å². The Kier molecular flexibility index (Phi) is 4.37. The molecule has 1 fully saturated rings. The fourth-order valence-electron chi connectivity index (χ4n) is 2.33. The van der Waals surface area contributed by atoms with Crippen molar-refractivity contribution in [3.63, 3.8) is 0 Å². The van der Waals surface area contributed by atoms with Crippen LogP contribution in [0, 0.1) is 6.92 Å². The molecule has 3 heteroatoms. The van der Waals surface area contributed by atoms with Gasteiger partial charge in [0, 0.05) is 24.8 Å². The van der Waals surface area contributed by atoms with E-state index in [2.05, 4.69) is 0 Å². The zero-order valence-corrected chi connectivity index (χ0v) is 10.9. The van der Waals surface area contributed by atoms with Crippen molar-refractivity contribution in [1.82, 2.24) is 4.90 Å². The van der Waals surface area contributed by atoms with Crippen LogP contribution in [-0.4, -0.2) is 35.1 Å². The predicted octanol–water partition coefficient (Wildman–Crippen LogP) is 2.37. The van der Waals surface area contributed by atoms with Crippen molar-refractivity contribution in [3.8, 4) is 0 Å². The van der Waals surface area contributed by atoms with Gasteiger partial charge in [-0.15, -0.1) is 0 Å². The number of aliphatic hydroxyl groups is 1. The molecule has 1 amide bonds. The van der Waals surface area contributed by atoms with Crippen LogP contribution in [-0.2, 0) is 0 Å². The fourth-order valence-corrected chi connectivity index (χ4v) is 2.33. The Bertz CT molecular complexity index is 413. The summed E-state index contributed by atoms with van der Waals surface area (Å²) in [4.78, 5) is 14.4. The standard InChI is InChI=1S/C15H21NO2/c1-12-5-2-6-13(11-12)15(18)16(9-4-10-17)14-7-3-8-14/h2,5-6,11,14,17H,3-4,7-10H2,1H3. The van der Waals surface area contributed by atoms with Crippen LogP contribution >= 0.6 is 0 Å². The van der Waals surface area contributed by atoms with Gasteiger partial charge in [-0.3, -0.25) is 4.79 Å². The maximum Gasteiger partial charge on any atom is 0.254 e. The molecule has 1 aromatic rings. The SMILES string of the molecule is Cc1cccc(C(=O)N(CCCO)C2CCC2)c1. The first kappa shape index (κ1) is 13.1. The minimum absolute atomic E-state index is 0.108. The van der Waals surface area contributed by atoms with Gasteiger partial charge in [-0.25, -0.2) is 0 Å². The fraction of sp³-hybridized carbons (Fsp3) is 0.533. The van der Waals surface area contributed by atoms with Gasteiger partial charge in [0.15, 0.2) is 0 Å². The molecule has 0 radical (unpaired) electrons. The van der Waals surface area contributed by atoms with Crippen molar-refractivity contribution >= 4 is 5.91 Å². The number of rotatable bonds is 5. The van der Waals surface area contributed by atoms with Crippen LogP contribution in [0.4, 0.5) is 0 Å². The summed E-state index contributed by atoms with van der Waals surface area (Å²) in [6, 6.07) is 8.11. The zero-order chi connectivity index (χ0) is 13.0. The van der Waals surface area contributed by atoms with E-state index >= 15 is 0 Å². The van der Waals surface area contributed by atoms with Gasteiger partial charge in [-0.05, 0) is 44.7 Å². The molecule has 2 rings (SSSR count). The summed E-state index contributed by atoms with van der Waals surface area (Å²) < 4.78 is 0. The van der Waals surface area contributed by atoms with Gasteiger partial charge in [-0.2, -0.15) is 0 Å². The smallest absolute Gasteiger partial charge is 0.254 e. The zero-order valence-electron chi connectivity index (χ0n) is 10.9. The van der Waals surface area contributed by atoms with E-state index < -0.39 is 0 Å². The van der Waals surface area contributed by atoms with E-state index in [0.29, 0.717) is 19.0 Å². The topological polar surface area (TPSA) is 40.5 Å². The molecule has 0 bridgehead atoms. The highest BCUT2D eigenvalue weighted by molar-refractivity contribution is 5.94. The Morgan fingerprint density at radius 3 is 2.78 bits per heavy atom. The number of hydrogen-bond donors (Lipinski definition) is 1. The first-order valence-electron chi connectivity index (χ1n) is 6.71. The molecular weight excluding hydrogens is 226 g/mol. The van der Waals surface area contributed by atoms with Crippen molar-refractivity contribution in [2.75, 3.05) is 13.2 Å². The highest BCUT2D eigenvalue weighted by Gasteiger charge is 2.28. The molecule has 0 heterocycles. The molecule has 1 N–H and O–H groups in total. The lowest BCUT2D eigenvalue weighted by molar-refractivity contribution is 0.0562. The molecule has 0 spiro atoms. The molecule has 0 unspecified atom stereocenters. The third-order valence-corrected chi connectivity index (χ3v) is 3.60. The monoisotopic (exact) mass is 247 g/mol. The van der Waals surface area contributed by atoms with E-state index in [1.807, 2.05) is 36.1 Å². The summed E-state index contributed by atoms with van der Waals surface area (Å²) in [5, 5.41) is 8.95. The predicted molar refractivity (Wildman–Crippen MR) is 71.6 cm³/mol. The molecule has 3 nitrogen and oxygen atoms in total. The lowest BCUT2D eigenvalue weighted by Gasteiger charge is -2.37. The second kappa shape index (κ2) is 6.01. The maximum atomic E-state index is 12.5. The Balaban J connectivity index is 2.11. The molecule has 0 aliphatic heterocycles. The highest BCUT2D eigenvalue weighted by Crippen LogP contribution is 2.26. The maximum absolute atomic E-state index is 12.5. The van der Waals surface area contributed by atoms with E-state index in [1.54, 1.807) is 0 Å². The Morgan fingerprint density at radius 1 is 1.44 bits per heavy atom. The Morgan fingerprint density at radius 2 is 2.22 bits per heavy atom. The van der Waals surface area contributed by atoms with Crippen LogP contribution in [0.3, 0.4) is 0 Å². The number of aryl methyl sites for hydroxylation is 1. The van der Waals surface area contributed by atoms with E-state index in [1.165, 1.54) is 6.42 Å². The van der Waals surface area contributed by atoms with Crippen molar-refractivity contribution in [2.24, 2.45) is 0 Å². The van der Waals surface area contributed by atoms with Crippen LogP contribution in [0.15, 0.2) is 24.3 Å². The minimum Gasteiger partial charge on any atom is -0.396 e. The van der Waals surface area contributed by atoms with Crippen molar-refractivity contribution in [1.29, 1.82) is 0 Å². The lowest BCUT2D eigenvalue weighted by atomic mass is 9.90. The van der Waals surface area contributed by atoms with E-state index in [9.17, 15) is 4.79 Å². The Hall–Kier alpha value is -1.35. The second-order valence-corrected chi connectivity index (χ2v) is 5.03. The molecule has 1 aliphatic rings. The summed E-state index contributed by atoms with van der Waals surface area (Å²) in [5.41, 5.74) is 1.87. The molecule has 1 saturated carbocycles. The van der Waals surface area contributed by atoms with Gasteiger partial charge in [-0.1, -0.05) is 17.7 Å². The number of hydrogen-bond acceptors (Lipinski definition) is 2. The van der Waals surface area contributed by atoms with Gasteiger partial charge in [0.2, 0.25) is 0 Å². The summed E-state index contributed by atoms with van der Waals surface area (Å²) in [6.07, 6.45) is 4.07. The van der Waals surface area contributed by atoms with Crippen LogP contribution in [0.25, 0.3) is 0 Å². The largest absolute Gasteiger partial charge is 0.396 e. The van der Waals surface area contributed by atoms with Crippen molar-refractivity contribution in [3.05, 3.63) is 35.4 Å². The molecule has 0 aromatic heterocycles. The molecule has 1 aromatic carbocycles. The summed E-state index contributed by atoms with van der Waals surface area (Å²) in [5.74, 6) is 0.108. The molecule has 1 aliphatic carbocycles. The Labute approximate surface area is 108 Å². The van der Waals surface area contributed by atoms with Crippen LogP contribution in [0.2, 0.25) is 0 Å². The summed E-state index contributed by atoms with van der Waals surface area (Å²) in [6.45, 7) is 2.80. The minimum atomic E-state index is 0.108. The number of aliphatic hydroxyl groups excluding tert-OH is 1. The number of benzene rings is 1. The average Bonchev–Trinajstić information content (AvgIpc) is 2.31.